The summed E-state index contributed by atoms with van der Waals surface area (Å²) in [6.07, 6.45) is 0.733. The van der Waals surface area contributed by atoms with Crippen molar-refractivity contribution < 1.29 is 10.0 Å². The van der Waals surface area contributed by atoms with E-state index >= 15 is 0 Å². The van der Waals surface area contributed by atoms with Crippen molar-refractivity contribution in [1.82, 2.24) is 10.5 Å². The van der Waals surface area contributed by atoms with Gasteiger partial charge < -0.3 is 4.98 Å². The second kappa shape index (κ2) is 5.60. The van der Waals surface area contributed by atoms with Gasteiger partial charge in [0.25, 0.3) is 5.91 Å². The molecular weight excluding hydrogens is 288 g/mol. The zero-order valence-electron chi connectivity index (χ0n) is 11.1. The lowest BCUT2D eigenvalue weighted by molar-refractivity contribution is 0.0706. The van der Waals surface area contributed by atoms with E-state index < -0.39 is 5.91 Å². The molecule has 0 saturated heterocycles. The van der Waals surface area contributed by atoms with Crippen LogP contribution in [0.5, 0.6) is 0 Å². The van der Waals surface area contributed by atoms with E-state index in [-0.39, 0.29) is 0 Å². The molecule has 0 saturated carbocycles. The number of benzene rings is 2. The minimum Gasteiger partial charge on any atom is -0.358 e. The third-order valence-electron chi connectivity index (χ3n) is 3.33. The molecule has 3 rings (SSSR count). The molecule has 1 amide bonds. The van der Waals surface area contributed by atoms with Crippen molar-refractivity contribution in [2.75, 3.05) is 0 Å². The zero-order chi connectivity index (χ0) is 14.8. The Morgan fingerprint density at radius 3 is 2.81 bits per heavy atom. The van der Waals surface area contributed by atoms with Crippen LogP contribution in [0.25, 0.3) is 10.9 Å². The number of halogens is 1. The van der Waals surface area contributed by atoms with Crippen molar-refractivity contribution >= 4 is 28.4 Å². The Labute approximate surface area is 126 Å². The number of carbonyl (C=O) groups excluding carboxylic acids is 1. The molecule has 0 spiro atoms. The predicted octanol–water partition coefficient (Wildman–Crippen LogP) is 3.53. The summed E-state index contributed by atoms with van der Waals surface area (Å²) in [5, 5.41) is 10.4. The molecule has 2 aromatic carbocycles. The molecular formula is C16H13ClN2O2. The standard InChI is InChI=1S/C16H13ClN2O2/c17-13-3-1-2-10(6-13)7-14-8-11-4-5-12(16(20)19-21)9-15(11)18-14/h1-6,8-9,18,21H,7H2,(H,19,20). The van der Waals surface area contributed by atoms with E-state index in [0.29, 0.717) is 10.6 Å². The fraction of sp³-hybridized carbons (Fsp3) is 0.0625. The Morgan fingerprint density at radius 1 is 1.19 bits per heavy atom. The summed E-state index contributed by atoms with van der Waals surface area (Å²) >= 11 is 5.98. The highest BCUT2D eigenvalue weighted by atomic mass is 35.5. The second-order valence-corrected chi connectivity index (χ2v) is 5.28. The van der Waals surface area contributed by atoms with Crippen molar-refractivity contribution in [3.63, 3.8) is 0 Å². The van der Waals surface area contributed by atoms with E-state index in [1.165, 1.54) is 0 Å². The molecule has 3 N–H and O–H groups in total. The van der Waals surface area contributed by atoms with Crippen molar-refractivity contribution in [3.8, 4) is 0 Å². The van der Waals surface area contributed by atoms with E-state index in [4.69, 9.17) is 16.8 Å². The lowest BCUT2D eigenvalue weighted by Gasteiger charge is -1.99. The molecule has 5 heteroatoms. The normalized spacial score (nSPS) is 10.8. The molecule has 0 unspecified atom stereocenters. The first kappa shape index (κ1) is 13.7. The molecule has 4 nitrogen and oxygen atoms in total. The van der Waals surface area contributed by atoms with Gasteiger partial charge in [-0.15, -0.1) is 0 Å². The first-order chi connectivity index (χ1) is 10.2. The van der Waals surface area contributed by atoms with Gasteiger partial charge in [0.2, 0.25) is 0 Å². The number of rotatable bonds is 3. The van der Waals surface area contributed by atoms with Crippen LogP contribution >= 0.6 is 11.6 Å². The maximum atomic E-state index is 11.4. The Bertz CT molecular complexity index is 811. The molecule has 0 atom stereocenters. The monoisotopic (exact) mass is 300 g/mol. The molecule has 0 radical (unpaired) electrons. The van der Waals surface area contributed by atoms with E-state index in [1.807, 2.05) is 36.4 Å². The Kier molecular flexibility index (Phi) is 3.64. The predicted molar refractivity (Wildman–Crippen MR) is 81.8 cm³/mol. The largest absolute Gasteiger partial charge is 0.358 e. The topological polar surface area (TPSA) is 65.1 Å². The highest BCUT2D eigenvalue weighted by Gasteiger charge is 2.07. The van der Waals surface area contributed by atoms with Gasteiger partial charge in [-0.2, -0.15) is 0 Å². The molecule has 3 aromatic rings. The van der Waals surface area contributed by atoms with Gasteiger partial charge in [0.05, 0.1) is 0 Å². The number of fused-ring (bicyclic) bond motifs is 1. The van der Waals surface area contributed by atoms with Crippen molar-refractivity contribution in [2.45, 2.75) is 6.42 Å². The Hall–Kier alpha value is -2.30. The number of aromatic nitrogens is 1. The first-order valence-corrected chi connectivity index (χ1v) is 6.84. The minimum absolute atomic E-state index is 0.404. The van der Waals surface area contributed by atoms with Crippen LogP contribution in [0, 0.1) is 0 Å². The highest BCUT2D eigenvalue weighted by Crippen LogP contribution is 2.20. The van der Waals surface area contributed by atoms with Crippen LogP contribution in [0.2, 0.25) is 5.02 Å². The molecule has 0 aliphatic rings. The maximum absolute atomic E-state index is 11.4. The first-order valence-electron chi connectivity index (χ1n) is 6.46. The van der Waals surface area contributed by atoms with Gasteiger partial charge in [0.1, 0.15) is 0 Å². The lowest BCUT2D eigenvalue weighted by Crippen LogP contribution is -2.18. The fourth-order valence-corrected chi connectivity index (χ4v) is 2.57. The van der Waals surface area contributed by atoms with Crippen LogP contribution in [0.4, 0.5) is 0 Å². The number of aromatic amines is 1. The van der Waals surface area contributed by atoms with Gasteiger partial charge in [-0.25, -0.2) is 5.48 Å². The van der Waals surface area contributed by atoms with Crippen molar-refractivity contribution in [3.05, 3.63) is 70.4 Å². The van der Waals surface area contributed by atoms with E-state index in [0.717, 1.165) is 28.6 Å². The van der Waals surface area contributed by atoms with E-state index in [1.54, 1.807) is 17.6 Å². The summed E-state index contributed by atoms with van der Waals surface area (Å²) in [6, 6.07) is 15.0. The average Bonchev–Trinajstić information content (AvgIpc) is 2.87. The summed E-state index contributed by atoms with van der Waals surface area (Å²) in [5.41, 5.74) is 5.04. The van der Waals surface area contributed by atoms with Gasteiger partial charge in [-0.05, 0) is 41.3 Å². The van der Waals surface area contributed by atoms with Gasteiger partial charge in [0, 0.05) is 28.2 Å². The smallest absolute Gasteiger partial charge is 0.274 e. The van der Waals surface area contributed by atoms with Crippen molar-refractivity contribution in [1.29, 1.82) is 0 Å². The second-order valence-electron chi connectivity index (χ2n) is 4.84. The van der Waals surface area contributed by atoms with Crippen LogP contribution < -0.4 is 5.48 Å². The summed E-state index contributed by atoms with van der Waals surface area (Å²) in [4.78, 5) is 14.7. The van der Waals surface area contributed by atoms with Gasteiger partial charge in [-0.1, -0.05) is 29.8 Å². The third kappa shape index (κ3) is 2.91. The molecule has 106 valence electrons. The van der Waals surface area contributed by atoms with E-state index in [9.17, 15) is 4.79 Å². The number of hydrogen-bond acceptors (Lipinski definition) is 2. The van der Waals surface area contributed by atoms with Gasteiger partial charge in [0.15, 0.2) is 0 Å². The van der Waals surface area contributed by atoms with Crippen LogP contribution in [0.15, 0.2) is 48.5 Å². The number of carbonyl (C=O) groups is 1. The number of hydroxylamine groups is 1. The molecule has 0 bridgehead atoms. The SMILES string of the molecule is O=C(NO)c1ccc2cc(Cc3cccc(Cl)c3)[nH]c2c1. The summed E-state index contributed by atoms with van der Waals surface area (Å²) < 4.78 is 0. The zero-order valence-corrected chi connectivity index (χ0v) is 11.8. The molecule has 0 aliphatic heterocycles. The van der Waals surface area contributed by atoms with Crippen LogP contribution in [0.3, 0.4) is 0 Å². The Balaban J connectivity index is 1.92. The Morgan fingerprint density at radius 2 is 2.05 bits per heavy atom. The van der Waals surface area contributed by atoms with Gasteiger partial charge in [-0.3, -0.25) is 10.0 Å². The number of hydrogen-bond donors (Lipinski definition) is 3. The molecule has 0 aliphatic carbocycles. The molecule has 0 fully saturated rings. The molecule has 21 heavy (non-hydrogen) atoms. The average molecular weight is 301 g/mol. The van der Waals surface area contributed by atoms with Crippen LogP contribution in [0.1, 0.15) is 21.6 Å². The maximum Gasteiger partial charge on any atom is 0.274 e. The van der Waals surface area contributed by atoms with Crippen LogP contribution in [-0.4, -0.2) is 16.1 Å². The minimum atomic E-state index is -0.525. The number of amides is 1. The quantitative estimate of drug-likeness (QED) is 0.512. The number of H-pyrrole nitrogens is 1. The molecule has 1 aromatic heterocycles. The summed E-state index contributed by atoms with van der Waals surface area (Å²) in [7, 11) is 0. The fourth-order valence-electron chi connectivity index (χ4n) is 2.36. The summed E-state index contributed by atoms with van der Waals surface area (Å²) in [6.45, 7) is 0. The van der Waals surface area contributed by atoms with E-state index in [2.05, 4.69) is 4.98 Å². The van der Waals surface area contributed by atoms with Crippen LogP contribution in [-0.2, 0) is 6.42 Å². The molecule has 1 heterocycles. The summed E-state index contributed by atoms with van der Waals surface area (Å²) in [5.74, 6) is -0.525. The highest BCUT2D eigenvalue weighted by molar-refractivity contribution is 6.30. The third-order valence-corrected chi connectivity index (χ3v) is 3.56. The van der Waals surface area contributed by atoms with Gasteiger partial charge >= 0.3 is 0 Å². The lowest BCUT2D eigenvalue weighted by atomic mass is 10.1. The number of nitrogens with one attached hydrogen (secondary N) is 2. The van der Waals surface area contributed by atoms with Crippen molar-refractivity contribution in [2.24, 2.45) is 0 Å².